The molecule has 0 nitrogen and oxygen atoms in total. The lowest BCUT2D eigenvalue weighted by Crippen LogP contribution is -2.20. The Balaban J connectivity index is 3.60. The molecule has 6 heteroatoms. The van der Waals surface area contributed by atoms with Gasteiger partial charge in [0.1, 0.15) is 7.85 Å². The van der Waals surface area contributed by atoms with Crippen molar-refractivity contribution >= 4 is 35.9 Å². The summed E-state index contributed by atoms with van der Waals surface area (Å²) in [6.45, 7) is 0. The lowest BCUT2D eigenvalue weighted by molar-refractivity contribution is 0.455. The van der Waals surface area contributed by atoms with Gasteiger partial charge in [-0.3, -0.25) is 0 Å². The number of hydrogen-bond donors (Lipinski definition) is 0. The molecule has 0 aliphatic rings. The van der Waals surface area contributed by atoms with E-state index in [2.05, 4.69) is 0 Å². The van der Waals surface area contributed by atoms with Crippen LogP contribution in [-0.4, -0.2) is 7.85 Å². The van der Waals surface area contributed by atoms with Gasteiger partial charge in [0.05, 0.1) is 3.57 Å². The second-order valence-electron chi connectivity index (χ2n) is 2.19. The zero-order chi connectivity index (χ0) is 9.46. The largest absolute Gasteiger partial charge is 0.204 e. The van der Waals surface area contributed by atoms with Crippen LogP contribution in [0.3, 0.4) is 0 Å². The van der Waals surface area contributed by atoms with Gasteiger partial charge in [0.15, 0.2) is 23.3 Å². The Morgan fingerprint density at radius 3 is 1.50 bits per heavy atom. The summed E-state index contributed by atoms with van der Waals surface area (Å²) >= 11 is 1.21. The molecule has 0 fully saturated rings. The highest BCUT2D eigenvalue weighted by Crippen LogP contribution is 2.18. The van der Waals surface area contributed by atoms with Crippen molar-refractivity contribution in [1.29, 1.82) is 0 Å². The van der Waals surface area contributed by atoms with Crippen molar-refractivity contribution in [1.82, 2.24) is 0 Å². The molecule has 0 saturated heterocycles. The van der Waals surface area contributed by atoms with E-state index in [-0.39, 0.29) is 0 Å². The Kier molecular flexibility index (Phi) is 2.65. The Morgan fingerprint density at radius 2 is 1.17 bits per heavy atom. The van der Waals surface area contributed by atoms with E-state index < -0.39 is 32.3 Å². The first-order valence-corrected chi connectivity index (χ1v) is 4.02. The number of benzene rings is 1. The summed E-state index contributed by atoms with van der Waals surface area (Å²) < 4.78 is 49.9. The summed E-state index contributed by atoms with van der Waals surface area (Å²) in [5.41, 5.74) is -0.634. The molecule has 0 bridgehead atoms. The molecule has 0 atom stereocenters. The van der Waals surface area contributed by atoms with Gasteiger partial charge in [-0.25, -0.2) is 17.6 Å². The molecule has 12 heavy (non-hydrogen) atoms. The molecular formula is C6H2BF4I. The van der Waals surface area contributed by atoms with Crippen LogP contribution in [0.15, 0.2) is 0 Å². The fourth-order valence-corrected chi connectivity index (χ4v) is 1.19. The van der Waals surface area contributed by atoms with Crippen molar-refractivity contribution in [3.63, 3.8) is 0 Å². The molecule has 1 aromatic carbocycles. The second kappa shape index (κ2) is 3.23. The summed E-state index contributed by atoms with van der Waals surface area (Å²) in [5, 5.41) is 0. The minimum Gasteiger partial charge on any atom is -0.204 e. The molecule has 1 aromatic rings. The average Bonchev–Trinajstić information content (AvgIpc) is 2.08. The summed E-state index contributed by atoms with van der Waals surface area (Å²) in [5.74, 6) is -5.35. The van der Waals surface area contributed by atoms with Crippen LogP contribution in [0, 0.1) is 26.8 Å². The van der Waals surface area contributed by atoms with Crippen LogP contribution < -0.4 is 5.46 Å². The van der Waals surface area contributed by atoms with Crippen molar-refractivity contribution in [2.45, 2.75) is 0 Å². The minimum absolute atomic E-state index is 0.634. The topological polar surface area (TPSA) is 0 Å². The third-order valence-electron chi connectivity index (χ3n) is 1.43. The van der Waals surface area contributed by atoms with Crippen molar-refractivity contribution in [2.24, 2.45) is 0 Å². The first-order chi connectivity index (χ1) is 5.46. The van der Waals surface area contributed by atoms with E-state index in [4.69, 9.17) is 0 Å². The monoisotopic (exact) mass is 288 g/mol. The normalized spacial score (nSPS) is 10.4. The molecule has 0 unspecified atom stereocenters. The standard InChI is InChI=1S/C6H2BF4I/c7-1-2(8)4(10)6(12)5(11)3(1)9/h7H2. The molecule has 0 heterocycles. The van der Waals surface area contributed by atoms with Gasteiger partial charge in [-0.15, -0.1) is 0 Å². The van der Waals surface area contributed by atoms with Gasteiger partial charge in [0, 0.05) is 0 Å². The molecule has 0 spiro atoms. The predicted octanol–water partition coefficient (Wildman–Crippen LogP) is 1.11. The highest BCUT2D eigenvalue weighted by Gasteiger charge is 2.20. The molecule has 0 saturated carbocycles. The van der Waals surface area contributed by atoms with Gasteiger partial charge in [0.25, 0.3) is 0 Å². The number of halogens is 5. The van der Waals surface area contributed by atoms with Gasteiger partial charge in [-0.1, -0.05) is 0 Å². The van der Waals surface area contributed by atoms with E-state index in [1.165, 1.54) is 22.6 Å². The quantitative estimate of drug-likeness (QED) is 0.220. The van der Waals surface area contributed by atoms with Crippen LogP contribution in [0.25, 0.3) is 0 Å². The zero-order valence-electron chi connectivity index (χ0n) is 5.89. The van der Waals surface area contributed by atoms with Crippen molar-refractivity contribution < 1.29 is 17.6 Å². The van der Waals surface area contributed by atoms with E-state index in [1.807, 2.05) is 0 Å². The van der Waals surface area contributed by atoms with E-state index in [0.717, 1.165) is 7.85 Å². The number of rotatable bonds is 0. The Hall–Kier alpha value is -0.265. The fraction of sp³-hybridized carbons (Fsp3) is 0. The molecule has 0 aliphatic heterocycles. The van der Waals surface area contributed by atoms with Crippen molar-refractivity contribution in [3.05, 3.63) is 26.8 Å². The fourth-order valence-electron chi connectivity index (χ4n) is 0.715. The van der Waals surface area contributed by atoms with Gasteiger partial charge >= 0.3 is 0 Å². The smallest absolute Gasteiger partial charge is 0.174 e. The highest BCUT2D eigenvalue weighted by molar-refractivity contribution is 14.1. The lowest BCUT2D eigenvalue weighted by atomic mass is 9.94. The van der Waals surface area contributed by atoms with Gasteiger partial charge in [0.2, 0.25) is 0 Å². The van der Waals surface area contributed by atoms with E-state index in [9.17, 15) is 17.6 Å². The third kappa shape index (κ3) is 1.32. The van der Waals surface area contributed by atoms with Gasteiger partial charge < -0.3 is 0 Å². The van der Waals surface area contributed by atoms with Crippen LogP contribution in [-0.2, 0) is 0 Å². The van der Waals surface area contributed by atoms with Gasteiger partial charge in [-0.2, -0.15) is 0 Å². The van der Waals surface area contributed by atoms with Crippen LogP contribution >= 0.6 is 22.6 Å². The number of hydrogen-bond acceptors (Lipinski definition) is 0. The summed E-state index contributed by atoms with van der Waals surface area (Å²) in [4.78, 5) is 0. The Labute approximate surface area is 80.5 Å². The van der Waals surface area contributed by atoms with Gasteiger partial charge in [-0.05, 0) is 28.1 Å². The average molecular weight is 288 g/mol. The van der Waals surface area contributed by atoms with Crippen LogP contribution in [0.4, 0.5) is 17.6 Å². The lowest BCUT2D eigenvalue weighted by Gasteiger charge is -2.03. The van der Waals surface area contributed by atoms with E-state index in [1.54, 1.807) is 0 Å². The molecule has 64 valence electrons. The molecule has 0 N–H and O–H groups in total. The van der Waals surface area contributed by atoms with Crippen molar-refractivity contribution in [2.75, 3.05) is 0 Å². The molecule has 1 rings (SSSR count). The first-order valence-electron chi connectivity index (χ1n) is 2.94. The maximum Gasteiger partial charge on any atom is 0.174 e. The molecule has 0 amide bonds. The maximum absolute atomic E-state index is 12.6. The maximum atomic E-state index is 12.6. The Bertz CT molecular complexity index is 234. The minimum atomic E-state index is -1.34. The molecule has 0 aliphatic carbocycles. The third-order valence-corrected chi connectivity index (χ3v) is 2.38. The summed E-state index contributed by atoms with van der Waals surface area (Å²) in [7, 11) is 0.979. The SMILES string of the molecule is Bc1c(F)c(F)c(I)c(F)c1F. The van der Waals surface area contributed by atoms with Crippen molar-refractivity contribution in [3.8, 4) is 0 Å². The van der Waals surface area contributed by atoms with E-state index in [0.29, 0.717) is 0 Å². The van der Waals surface area contributed by atoms with Crippen LogP contribution in [0.2, 0.25) is 0 Å². The van der Waals surface area contributed by atoms with Crippen LogP contribution in [0.1, 0.15) is 0 Å². The predicted molar refractivity (Wildman–Crippen MR) is 47.2 cm³/mol. The molecule has 0 radical (unpaired) electrons. The second-order valence-corrected chi connectivity index (χ2v) is 3.27. The Morgan fingerprint density at radius 1 is 0.833 bits per heavy atom. The molecule has 0 aromatic heterocycles. The van der Waals surface area contributed by atoms with Crippen LogP contribution in [0.5, 0.6) is 0 Å². The summed E-state index contributed by atoms with van der Waals surface area (Å²) in [6, 6.07) is 0. The summed E-state index contributed by atoms with van der Waals surface area (Å²) in [6.07, 6.45) is 0. The highest BCUT2D eigenvalue weighted by atomic mass is 127. The van der Waals surface area contributed by atoms with E-state index >= 15 is 0 Å². The first kappa shape index (κ1) is 9.82. The molecular weight excluding hydrogens is 286 g/mol. The zero-order valence-corrected chi connectivity index (χ0v) is 8.05.